The Bertz CT molecular complexity index is 478. The van der Waals surface area contributed by atoms with Gasteiger partial charge in [-0.1, -0.05) is 43.9 Å². The minimum atomic E-state index is 0.0920. The van der Waals surface area contributed by atoms with Crippen molar-refractivity contribution < 1.29 is 4.79 Å². The molecule has 0 saturated heterocycles. The number of carbonyl (C=O) groups is 1. The van der Waals surface area contributed by atoms with E-state index in [1.807, 2.05) is 11.0 Å². The van der Waals surface area contributed by atoms with Crippen LogP contribution in [0.5, 0.6) is 0 Å². The molecule has 1 aliphatic heterocycles. The van der Waals surface area contributed by atoms with Crippen molar-refractivity contribution in [2.24, 2.45) is 0 Å². The molecule has 0 aromatic heterocycles. The molecule has 3 nitrogen and oxygen atoms in total. The monoisotopic (exact) mass is 272 g/mol. The second-order valence-corrected chi connectivity index (χ2v) is 6.19. The maximum atomic E-state index is 12.6. The van der Waals surface area contributed by atoms with E-state index < -0.39 is 0 Å². The van der Waals surface area contributed by atoms with E-state index in [2.05, 4.69) is 30.4 Å². The summed E-state index contributed by atoms with van der Waals surface area (Å²) >= 11 is 0. The van der Waals surface area contributed by atoms with Crippen molar-refractivity contribution in [3.8, 4) is 0 Å². The average molecular weight is 272 g/mol. The highest BCUT2D eigenvalue weighted by molar-refractivity contribution is 5.95. The van der Waals surface area contributed by atoms with E-state index in [1.54, 1.807) is 0 Å². The molecule has 0 bridgehead atoms. The molecule has 0 unspecified atom stereocenters. The number of urea groups is 1. The van der Waals surface area contributed by atoms with Crippen LogP contribution in [-0.4, -0.2) is 18.1 Å². The number of nitrogens with zero attached hydrogens (tertiary/aromatic N) is 1. The molecule has 1 saturated carbocycles. The van der Waals surface area contributed by atoms with Crippen molar-refractivity contribution in [1.29, 1.82) is 0 Å². The summed E-state index contributed by atoms with van der Waals surface area (Å²) in [7, 11) is 0. The Morgan fingerprint density at radius 2 is 1.85 bits per heavy atom. The first kappa shape index (κ1) is 13.5. The van der Waals surface area contributed by atoms with Crippen LogP contribution in [0, 0.1) is 0 Å². The van der Waals surface area contributed by atoms with Crippen molar-refractivity contribution in [1.82, 2.24) is 5.32 Å². The molecule has 1 aliphatic carbocycles. The highest BCUT2D eigenvalue weighted by Gasteiger charge is 2.31. The Morgan fingerprint density at radius 3 is 2.60 bits per heavy atom. The first-order valence-corrected chi connectivity index (χ1v) is 7.93. The molecule has 1 fully saturated rings. The number of fused-ring (bicyclic) bond motifs is 1. The van der Waals surface area contributed by atoms with Crippen molar-refractivity contribution >= 4 is 11.7 Å². The standard InChI is InChI=1S/C17H24N2O/c1-13-12-14-8-6-7-11-16(14)19(13)17(20)18-15-9-4-2-3-5-10-15/h6-8,11,13,15H,2-5,9-10,12H2,1H3,(H,18,20)/t13-/m1/s1. The average Bonchev–Trinajstić information content (AvgIpc) is 2.60. The Labute approximate surface area is 121 Å². The van der Waals surface area contributed by atoms with Gasteiger partial charge in [0.1, 0.15) is 0 Å². The number of para-hydroxylation sites is 1. The predicted octanol–water partition coefficient (Wildman–Crippen LogP) is 3.87. The fourth-order valence-electron chi connectivity index (χ4n) is 3.54. The zero-order valence-electron chi connectivity index (χ0n) is 12.3. The van der Waals surface area contributed by atoms with Crippen LogP contribution in [0.4, 0.5) is 10.5 Å². The van der Waals surface area contributed by atoms with Gasteiger partial charge in [0.25, 0.3) is 0 Å². The van der Waals surface area contributed by atoms with Crippen molar-refractivity contribution in [3.05, 3.63) is 29.8 Å². The minimum Gasteiger partial charge on any atom is -0.335 e. The molecule has 1 N–H and O–H groups in total. The minimum absolute atomic E-state index is 0.0920. The topological polar surface area (TPSA) is 32.3 Å². The number of hydrogen-bond donors (Lipinski definition) is 1. The number of carbonyl (C=O) groups excluding carboxylic acids is 1. The third-order valence-electron chi connectivity index (χ3n) is 4.61. The van der Waals surface area contributed by atoms with E-state index in [9.17, 15) is 4.79 Å². The lowest BCUT2D eigenvalue weighted by atomic mass is 10.1. The van der Waals surface area contributed by atoms with Crippen molar-refractivity contribution in [3.63, 3.8) is 0 Å². The summed E-state index contributed by atoms with van der Waals surface area (Å²) < 4.78 is 0. The first-order chi connectivity index (χ1) is 9.75. The number of nitrogens with one attached hydrogen (secondary N) is 1. The molecule has 0 spiro atoms. The Balaban J connectivity index is 1.70. The van der Waals surface area contributed by atoms with Crippen LogP contribution in [0.15, 0.2) is 24.3 Å². The van der Waals surface area contributed by atoms with Crippen LogP contribution in [0.2, 0.25) is 0 Å². The van der Waals surface area contributed by atoms with E-state index in [4.69, 9.17) is 0 Å². The summed E-state index contributed by atoms with van der Waals surface area (Å²) in [5, 5.41) is 3.26. The lowest BCUT2D eigenvalue weighted by Crippen LogP contribution is -2.47. The molecular weight excluding hydrogens is 248 g/mol. The molecule has 3 rings (SSSR count). The number of rotatable bonds is 1. The fourth-order valence-corrected chi connectivity index (χ4v) is 3.54. The zero-order chi connectivity index (χ0) is 13.9. The molecule has 1 heterocycles. The summed E-state index contributed by atoms with van der Waals surface area (Å²) in [5.74, 6) is 0. The van der Waals surface area contributed by atoms with Gasteiger partial charge in [-0.15, -0.1) is 0 Å². The molecule has 108 valence electrons. The van der Waals surface area contributed by atoms with Gasteiger partial charge in [0.05, 0.1) is 0 Å². The first-order valence-electron chi connectivity index (χ1n) is 7.93. The Kier molecular flexibility index (Phi) is 3.95. The second-order valence-electron chi connectivity index (χ2n) is 6.19. The molecular formula is C17H24N2O. The molecule has 1 atom stereocenters. The van der Waals surface area contributed by atoms with Crippen LogP contribution in [0.3, 0.4) is 0 Å². The molecule has 0 radical (unpaired) electrons. The summed E-state index contributed by atoms with van der Waals surface area (Å²) in [4.78, 5) is 14.6. The van der Waals surface area contributed by atoms with Crippen LogP contribution in [-0.2, 0) is 6.42 Å². The van der Waals surface area contributed by atoms with Gasteiger partial charge in [-0.3, -0.25) is 4.90 Å². The number of benzene rings is 1. The normalized spacial score (nSPS) is 23.2. The van der Waals surface area contributed by atoms with E-state index in [-0.39, 0.29) is 12.1 Å². The van der Waals surface area contributed by atoms with Gasteiger partial charge in [-0.25, -0.2) is 4.79 Å². The molecule has 2 amide bonds. The summed E-state index contributed by atoms with van der Waals surface area (Å²) in [6.45, 7) is 2.13. The largest absolute Gasteiger partial charge is 0.335 e. The predicted molar refractivity (Wildman–Crippen MR) is 82.1 cm³/mol. The summed E-state index contributed by atoms with van der Waals surface area (Å²) in [6.07, 6.45) is 8.36. The van der Waals surface area contributed by atoms with Crippen LogP contribution >= 0.6 is 0 Å². The van der Waals surface area contributed by atoms with E-state index in [1.165, 1.54) is 31.2 Å². The van der Waals surface area contributed by atoms with Gasteiger partial charge in [0.15, 0.2) is 0 Å². The smallest absolute Gasteiger partial charge is 0.322 e. The number of anilines is 1. The van der Waals surface area contributed by atoms with Gasteiger partial charge in [0.2, 0.25) is 0 Å². The maximum Gasteiger partial charge on any atom is 0.322 e. The number of amides is 2. The lowest BCUT2D eigenvalue weighted by molar-refractivity contribution is 0.240. The SMILES string of the molecule is C[C@@H]1Cc2ccccc2N1C(=O)NC1CCCCCC1. The molecule has 2 aliphatic rings. The van der Waals surface area contributed by atoms with Crippen LogP contribution in [0.1, 0.15) is 51.0 Å². The Morgan fingerprint density at radius 1 is 1.15 bits per heavy atom. The highest BCUT2D eigenvalue weighted by Crippen LogP contribution is 2.32. The van der Waals surface area contributed by atoms with E-state index >= 15 is 0 Å². The third-order valence-corrected chi connectivity index (χ3v) is 4.61. The number of hydrogen-bond acceptors (Lipinski definition) is 1. The highest BCUT2D eigenvalue weighted by atomic mass is 16.2. The summed E-state index contributed by atoms with van der Waals surface area (Å²) in [5.41, 5.74) is 2.38. The van der Waals surface area contributed by atoms with Crippen molar-refractivity contribution in [2.75, 3.05) is 4.90 Å². The van der Waals surface area contributed by atoms with Crippen LogP contribution in [0.25, 0.3) is 0 Å². The van der Waals surface area contributed by atoms with Crippen molar-refractivity contribution in [2.45, 2.75) is 64.0 Å². The maximum absolute atomic E-state index is 12.6. The third kappa shape index (κ3) is 2.67. The van der Waals surface area contributed by atoms with Gasteiger partial charge < -0.3 is 5.32 Å². The van der Waals surface area contributed by atoms with E-state index in [0.29, 0.717) is 6.04 Å². The molecule has 1 aromatic rings. The lowest BCUT2D eigenvalue weighted by Gasteiger charge is -2.26. The Hall–Kier alpha value is -1.51. The van der Waals surface area contributed by atoms with Gasteiger partial charge >= 0.3 is 6.03 Å². The van der Waals surface area contributed by atoms with Gasteiger partial charge in [-0.2, -0.15) is 0 Å². The zero-order valence-corrected chi connectivity index (χ0v) is 12.3. The molecule has 1 aromatic carbocycles. The molecule has 3 heteroatoms. The van der Waals surface area contributed by atoms with Gasteiger partial charge in [-0.05, 0) is 37.8 Å². The van der Waals surface area contributed by atoms with E-state index in [0.717, 1.165) is 24.9 Å². The van der Waals surface area contributed by atoms with Gasteiger partial charge in [0, 0.05) is 17.8 Å². The molecule has 20 heavy (non-hydrogen) atoms. The quantitative estimate of drug-likeness (QED) is 0.773. The second kappa shape index (κ2) is 5.86. The fraction of sp³-hybridized carbons (Fsp3) is 0.588. The van der Waals surface area contributed by atoms with Crippen LogP contribution < -0.4 is 10.2 Å². The summed E-state index contributed by atoms with van der Waals surface area (Å²) in [6, 6.07) is 8.98.